The fraction of sp³-hybridized carbons (Fsp3) is 0.667. The van der Waals surface area contributed by atoms with Gasteiger partial charge < -0.3 is 15.4 Å². The van der Waals surface area contributed by atoms with Gasteiger partial charge in [-0.05, 0) is 19.8 Å². The molecule has 1 aliphatic rings. The Bertz CT molecular complexity index is 472. The van der Waals surface area contributed by atoms with Gasteiger partial charge in [0.15, 0.2) is 0 Å². The molecule has 1 aromatic rings. The quantitative estimate of drug-likeness (QED) is 0.892. The average molecular weight is 290 g/mol. The average Bonchev–Trinajstić information content (AvgIpc) is 2.82. The summed E-state index contributed by atoms with van der Waals surface area (Å²) in [4.78, 5) is 6.90. The highest BCUT2D eigenvalue weighted by atomic mass is 19.4. The number of aromatic nitrogens is 2. The summed E-state index contributed by atoms with van der Waals surface area (Å²) in [6.45, 7) is 3.01. The molecule has 20 heavy (non-hydrogen) atoms. The van der Waals surface area contributed by atoms with E-state index in [4.69, 9.17) is 4.74 Å². The Morgan fingerprint density at radius 3 is 2.60 bits per heavy atom. The molecule has 2 heterocycles. The fourth-order valence-electron chi connectivity index (χ4n) is 2.05. The third-order valence-electron chi connectivity index (χ3n) is 3.18. The van der Waals surface area contributed by atoms with Crippen molar-refractivity contribution >= 4 is 11.6 Å². The van der Waals surface area contributed by atoms with Crippen molar-refractivity contribution in [2.45, 2.75) is 31.5 Å². The van der Waals surface area contributed by atoms with E-state index in [1.165, 1.54) is 13.1 Å². The van der Waals surface area contributed by atoms with Gasteiger partial charge in [0, 0.05) is 26.3 Å². The van der Waals surface area contributed by atoms with E-state index in [0.717, 1.165) is 12.8 Å². The van der Waals surface area contributed by atoms with Crippen LogP contribution >= 0.6 is 0 Å². The first kappa shape index (κ1) is 14.8. The maximum Gasteiger partial charge on any atom is 0.451 e. The van der Waals surface area contributed by atoms with Gasteiger partial charge >= 0.3 is 6.18 Å². The van der Waals surface area contributed by atoms with Crippen LogP contribution in [0.2, 0.25) is 0 Å². The lowest BCUT2D eigenvalue weighted by atomic mass is 10.0. The van der Waals surface area contributed by atoms with Gasteiger partial charge in [0.1, 0.15) is 11.6 Å². The number of rotatable bonds is 4. The molecule has 0 bridgehead atoms. The zero-order valence-electron chi connectivity index (χ0n) is 11.3. The predicted octanol–water partition coefficient (Wildman–Crippen LogP) is 2.52. The molecule has 2 N–H and O–H groups in total. The van der Waals surface area contributed by atoms with Crippen LogP contribution in [-0.2, 0) is 10.9 Å². The van der Waals surface area contributed by atoms with Crippen LogP contribution in [0.1, 0.15) is 25.6 Å². The van der Waals surface area contributed by atoms with E-state index in [0.29, 0.717) is 13.2 Å². The predicted molar refractivity (Wildman–Crippen MR) is 68.7 cm³/mol. The van der Waals surface area contributed by atoms with E-state index in [-0.39, 0.29) is 17.2 Å². The van der Waals surface area contributed by atoms with Crippen LogP contribution in [0.3, 0.4) is 0 Å². The number of halogens is 3. The van der Waals surface area contributed by atoms with Crippen molar-refractivity contribution in [1.82, 2.24) is 9.97 Å². The van der Waals surface area contributed by atoms with E-state index in [2.05, 4.69) is 20.6 Å². The van der Waals surface area contributed by atoms with Crippen LogP contribution in [0.25, 0.3) is 0 Å². The molecule has 0 aromatic carbocycles. The van der Waals surface area contributed by atoms with Crippen molar-refractivity contribution in [3.8, 4) is 0 Å². The molecule has 0 aliphatic carbocycles. The molecular weight excluding hydrogens is 273 g/mol. The number of nitrogens with one attached hydrogen (secondary N) is 2. The molecule has 1 aromatic heterocycles. The number of hydrogen-bond acceptors (Lipinski definition) is 5. The number of hydrogen-bond donors (Lipinski definition) is 2. The summed E-state index contributed by atoms with van der Waals surface area (Å²) in [5, 5.41) is 5.49. The zero-order valence-corrected chi connectivity index (χ0v) is 11.3. The van der Waals surface area contributed by atoms with Gasteiger partial charge in [-0.1, -0.05) is 0 Å². The van der Waals surface area contributed by atoms with Crippen LogP contribution in [0.5, 0.6) is 0 Å². The number of ether oxygens (including phenoxy) is 1. The number of alkyl halides is 3. The molecule has 1 aliphatic heterocycles. The van der Waals surface area contributed by atoms with Gasteiger partial charge in [0.05, 0.1) is 5.60 Å². The summed E-state index contributed by atoms with van der Waals surface area (Å²) in [6.07, 6.45) is -2.75. The minimum atomic E-state index is -4.57. The lowest BCUT2D eigenvalue weighted by molar-refractivity contribution is -0.144. The summed E-state index contributed by atoms with van der Waals surface area (Å²) in [5.74, 6) is -0.912. The van der Waals surface area contributed by atoms with Crippen molar-refractivity contribution in [1.29, 1.82) is 0 Å². The highest BCUT2D eigenvalue weighted by Crippen LogP contribution is 2.29. The van der Waals surface area contributed by atoms with Gasteiger partial charge in [-0.3, -0.25) is 0 Å². The van der Waals surface area contributed by atoms with E-state index in [9.17, 15) is 13.2 Å². The normalized spacial score (nSPS) is 22.9. The first-order valence-corrected chi connectivity index (χ1v) is 6.34. The number of anilines is 2. The standard InChI is InChI=1S/C12H17F3N4O/c1-11(4-3-5-20-11)7-17-9-6-8(16-2)18-10(19-9)12(13,14)15/h6H,3-5,7H2,1-2H3,(H2,16,17,18,19). The molecular formula is C12H17F3N4O. The van der Waals surface area contributed by atoms with Crippen molar-refractivity contribution in [2.75, 3.05) is 30.8 Å². The van der Waals surface area contributed by atoms with Crippen LogP contribution in [-0.4, -0.2) is 35.8 Å². The smallest absolute Gasteiger partial charge is 0.373 e. The summed E-state index contributed by atoms with van der Waals surface area (Å²) < 4.78 is 43.7. The zero-order chi connectivity index (χ0) is 14.8. The highest BCUT2D eigenvalue weighted by molar-refractivity contribution is 5.47. The molecule has 0 spiro atoms. The molecule has 1 saturated heterocycles. The second-order valence-electron chi connectivity index (χ2n) is 4.97. The summed E-state index contributed by atoms with van der Waals surface area (Å²) in [7, 11) is 1.51. The molecule has 2 rings (SSSR count). The maximum atomic E-state index is 12.7. The van der Waals surface area contributed by atoms with Gasteiger partial charge in [0.25, 0.3) is 0 Å². The van der Waals surface area contributed by atoms with Crippen molar-refractivity contribution in [3.05, 3.63) is 11.9 Å². The highest BCUT2D eigenvalue weighted by Gasteiger charge is 2.36. The Morgan fingerprint density at radius 2 is 2.05 bits per heavy atom. The molecule has 0 saturated carbocycles. The summed E-state index contributed by atoms with van der Waals surface area (Å²) in [5.41, 5.74) is -0.358. The Labute approximate surface area is 114 Å². The third kappa shape index (κ3) is 3.50. The van der Waals surface area contributed by atoms with Crippen molar-refractivity contribution in [2.24, 2.45) is 0 Å². The fourth-order valence-corrected chi connectivity index (χ4v) is 2.05. The Hall–Kier alpha value is -1.57. The minimum Gasteiger partial charge on any atom is -0.373 e. The van der Waals surface area contributed by atoms with E-state index in [1.54, 1.807) is 0 Å². The molecule has 0 amide bonds. The monoisotopic (exact) mass is 290 g/mol. The van der Waals surface area contributed by atoms with Gasteiger partial charge in [-0.15, -0.1) is 0 Å². The molecule has 1 fully saturated rings. The van der Waals surface area contributed by atoms with Crippen LogP contribution in [0, 0.1) is 0 Å². The second-order valence-corrected chi connectivity index (χ2v) is 4.97. The summed E-state index contributed by atoms with van der Waals surface area (Å²) >= 11 is 0. The minimum absolute atomic E-state index is 0.118. The maximum absolute atomic E-state index is 12.7. The molecule has 1 atom stereocenters. The first-order chi connectivity index (χ1) is 9.32. The Balaban J connectivity index is 2.14. The van der Waals surface area contributed by atoms with E-state index < -0.39 is 12.0 Å². The van der Waals surface area contributed by atoms with E-state index >= 15 is 0 Å². The van der Waals surface area contributed by atoms with E-state index in [1.807, 2.05) is 6.92 Å². The van der Waals surface area contributed by atoms with Crippen LogP contribution < -0.4 is 10.6 Å². The first-order valence-electron chi connectivity index (χ1n) is 6.34. The summed E-state index contributed by atoms with van der Waals surface area (Å²) in [6, 6.07) is 1.44. The molecule has 0 radical (unpaired) electrons. The van der Waals surface area contributed by atoms with Gasteiger partial charge in [0.2, 0.25) is 5.82 Å². The SMILES string of the molecule is CNc1cc(NCC2(C)CCCO2)nc(C(F)(F)F)n1. The van der Waals surface area contributed by atoms with Crippen LogP contribution in [0.15, 0.2) is 6.07 Å². The van der Waals surface area contributed by atoms with Crippen LogP contribution in [0.4, 0.5) is 24.8 Å². The van der Waals surface area contributed by atoms with Crippen molar-refractivity contribution in [3.63, 3.8) is 0 Å². The Kier molecular flexibility index (Phi) is 4.03. The second kappa shape index (κ2) is 5.43. The lowest BCUT2D eigenvalue weighted by Crippen LogP contribution is -2.33. The van der Waals surface area contributed by atoms with Gasteiger partial charge in [-0.2, -0.15) is 13.2 Å². The largest absolute Gasteiger partial charge is 0.451 e. The third-order valence-corrected chi connectivity index (χ3v) is 3.18. The molecule has 1 unspecified atom stereocenters. The Morgan fingerprint density at radius 1 is 1.35 bits per heavy atom. The molecule has 112 valence electrons. The van der Waals surface area contributed by atoms with Crippen molar-refractivity contribution < 1.29 is 17.9 Å². The van der Waals surface area contributed by atoms with Gasteiger partial charge in [-0.25, -0.2) is 9.97 Å². The lowest BCUT2D eigenvalue weighted by Gasteiger charge is -2.24. The molecule has 5 nitrogen and oxygen atoms in total. The topological polar surface area (TPSA) is 59.1 Å². The molecule has 8 heteroatoms. The number of nitrogens with zero attached hydrogens (tertiary/aromatic N) is 2.